The lowest BCUT2D eigenvalue weighted by molar-refractivity contribution is 0.0434. The second-order valence-corrected chi connectivity index (χ2v) is 6.72. The highest BCUT2D eigenvalue weighted by atomic mass is 16.6. The van der Waals surface area contributed by atoms with Crippen LogP contribution in [0.5, 0.6) is 0 Å². The molecule has 1 rings (SSSR count). The number of aliphatic hydroxyl groups is 1. The molecule has 0 aromatic heterocycles. The summed E-state index contributed by atoms with van der Waals surface area (Å²) >= 11 is 0. The smallest absolute Gasteiger partial charge is 0.407 e. The number of amides is 1. The summed E-state index contributed by atoms with van der Waals surface area (Å²) in [5.74, 6) is 0.568. The van der Waals surface area contributed by atoms with E-state index in [1.807, 2.05) is 20.8 Å². The molecular weight excluding hydrogens is 254 g/mol. The van der Waals surface area contributed by atoms with E-state index in [2.05, 4.69) is 11.9 Å². The second kappa shape index (κ2) is 7.67. The fourth-order valence-corrected chi connectivity index (χ4v) is 2.69. The van der Waals surface area contributed by atoms with Crippen LogP contribution in [0.15, 0.2) is 12.7 Å². The molecule has 1 aliphatic rings. The Balaban J connectivity index is 2.55. The standard InChI is InChI=1S/C16H29NO3/c1-5-14(18)13(11-12-9-7-6-8-10-12)17-15(19)20-16(2,3)4/h5,12-14,18H,1,6-11H2,2-4H3,(H,17,19)/t13-,14+/m0/s1. The van der Waals surface area contributed by atoms with Gasteiger partial charge in [0.2, 0.25) is 0 Å². The summed E-state index contributed by atoms with van der Waals surface area (Å²) in [6.07, 6.45) is 7.19. The zero-order valence-corrected chi connectivity index (χ0v) is 13.0. The third kappa shape index (κ3) is 6.42. The van der Waals surface area contributed by atoms with Gasteiger partial charge in [-0.05, 0) is 33.1 Å². The molecule has 1 fully saturated rings. The Morgan fingerprint density at radius 2 is 2.00 bits per heavy atom. The fourth-order valence-electron chi connectivity index (χ4n) is 2.69. The number of hydrogen-bond donors (Lipinski definition) is 2. The minimum Gasteiger partial charge on any atom is -0.444 e. The highest BCUT2D eigenvalue weighted by molar-refractivity contribution is 5.68. The van der Waals surface area contributed by atoms with Gasteiger partial charge in [-0.3, -0.25) is 0 Å². The Kier molecular flexibility index (Phi) is 6.53. The molecule has 116 valence electrons. The van der Waals surface area contributed by atoms with E-state index in [0.717, 1.165) is 6.42 Å². The van der Waals surface area contributed by atoms with Gasteiger partial charge in [0.15, 0.2) is 0 Å². The van der Waals surface area contributed by atoms with Crippen LogP contribution >= 0.6 is 0 Å². The van der Waals surface area contributed by atoms with E-state index < -0.39 is 17.8 Å². The van der Waals surface area contributed by atoms with Crippen molar-refractivity contribution in [2.75, 3.05) is 0 Å². The monoisotopic (exact) mass is 283 g/mol. The molecule has 0 saturated heterocycles. The zero-order valence-electron chi connectivity index (χ0n) is 13.0. The largest absolute Gasteiger partial charge is 0.444 e. The summed E-state index contributed by atoms with van der Waals surface area (Å²) in [5, 5.41) is 12.8. The molecule has 0 unspecified atom stereocenters. The lowest BCUT2D eigenvalue weighted by Gasteiger charge is -2.30. The molecule has 0 aromatic carbocycles. The summed E-state index contributed by atoms with van der Waals surface area (Å²) in [6.45, 7) is 9.09. The van der Waals surface area contributed by atoms with Crippen LogP contribution in [-0.4, -0.2) is 28.9 Å². The predicted molar refractivity (Wildman–Crippen MR) is 80.6 cm³/mol. The molecule has 2 atom stereocenters. The van der Waals surface area contributed by atoms with E-state index >= 15 is 0 Å². The van der Waals surface area contributed by atoms with E-state index in [0.29, 0.717) is 5.92 Å². The quantitative estimate of drug-likeness (QED) is 0.760. The summed E-state index contributed by atoms with van der Waals surface area (Å²) in [4.78, 5) is 11.9. The van der Waals surface area contributed by atoms with Gasteiger partial charge in [0.1, 0.15) is 5.60 Å². The molecule has 4 nitrogen and oxygen atoms in total. The maximum absolute atomic E-state index is 11.9. The highest BCUT2D eigenvalue weighted by Crippen LogP contribution is 2.28. The highest BCUT2D eigenvalue weighted by Gasteiger charge is 2.26. The first-order valence-electron chi connectivity index (χ1n) is 7.62. The van der Waals surface area contributed by atoms with Crippen LogP contribution in [0.3, 0.4) is 0 Å². The van der Waals surface area contributed by atoms with Crippen molar-refractivity contribution in [1.82, 2.24) is 5.32 Å². The van der Waals surface area contributed by atoms with Gasteiger partial charge in [-0.25, -0.2) is 4.79 Å². The first kappa shape index (κ1) is 17.0. The average Bonchev–Trinajstić information content (AvgIpc) is 2.36. The van der Waals surface area contributed by atoms with Crippen LogP contribution in [0, 0.1) is 5.92 Å². The zero-order chi connectivity index (χ0) is 15.2. The van der Waals surface area contributed by atoms with Gasteiger partial charge in [-0.2, -0.15) is 0 Å². The van der Waals surface area contributed by atoms with E-state index in [1.54, 1.807) is 0 Å². The third-order valence-corrected chi connectivity index (χ3v) is 3.67. The number of carbonyl (C=O) groups is 1. The van der Waals surface area contributed by atoms with Crippen molar-refractivity contribution in [3.8, 4) is 0 Å². The first-order chi connectivity index (χ1) is 9.31. The molecule has 20 heavy (non-hydrogen) atoms. The van der Waals surface area contributed by atoms with Crippen LogP contribution in [0.25, 0.3) is 0 Å². The van der Waals surface area contributed by atoms with Crippen LogP contribution in [0.2, 0.25) is 0 Å². The molecular formula is C16H29NO3. The number of alkyl carbamates (subject to hydrolysis) is 1. The van der Waals surface area contributed by atoms with E-state index in [9.17, 15) is 9.90 Å². The molecule has 1 amide bonds. The summed E-state index contributed by atoms with van der Waals surface area (Å²) in [7, 11) is 0. The van der Waals surface area contributed by atoms with E-state index in [1.165, 1.54) is 38.2 Å². The maximum Gasteiger partial charge on any atom is 0.407 e. The number of ether oxygens (including phenoxy) is 1. The number of rotatable bonds is 5. The lowest BCUT2D eigenvalue weighted by atomic mass is 9.84. The molecule has 4 heteroatoms. The van der Waals surface area contributed by atoms with Crippen LogP contribution in [0.1, 0.15) is 59.3 Å². The minimum atomic E-state index is -0.732. The molecule has 1 aliphatic carbocycles. The van der Waals surface area contributed by atoms with Crippen molar-refractivity contribution in [2.45, 2.75) is 77.0 Å². The van der Waals surface area contributed by atoms with Crippen LogP contribution in [-0.2, 0) is 4.74 Å². The average molecular weight is 283 g/mol. The molecule has 0 bridgehead atoms. The molecule has 0 heterocycles. The van der Waals surface area contributed by atoms with Gasteiger partial charge >= 0.3 is 6.09 Å². The number of carbonyl (C=O) groups excluding carboxylic acids is 1. The fraction of sp³-hybridized carbons (Fsp3) is 0.812. The second-order valence-electron chi connectivity index (χ2n) is 6.72. The minimum absolute atomic E-state index is 0.314. The van der Waals surface area contributed by atoms with E-state index in [-0.39, 0.29) is 6.04 Å². The number of aliphatic hydroxyl groups excluding tert-OH is 1. The summed E-state index contributed by atoms with van der Waals surface area (Å²) < 4.78 is 5.26. The van der Waals surface area contributed by atoms with Crippen LogP contribution in [0.4, 0.5) is 4.79 Å². The van der Waals surface area contributed by atoms with Gasteiger partial charge in [-0.1, -0.05) is 38.2 Å². The maximum atomic E-state index is 11.9. The lowest BCUT2D eigenvalue weighted by Crippen LogP contribution is -2.45. The SMILES string of the molecule is C=C[C@@H](O)[C@H](CC1CCCCC1)NC(=O)OC(C)(C)C. The summed E-state index contributed by atoms with van der Waals surface area (Å²) in [5.41, 5.74) is -0.529. The van der Waals surface area contributed by atoms with Gasteiger partial charge in [0.05, 0.1) is 12.1 Å². The van der Waals surface area contributed by atoms with Crippen molar-refractivity contribution in [3.05, 3.63) is 12.7 Å². The Morgan fingerprint density at radius 3 is 2.50 bits per heavy atom. The first-order valence-corrected chi connectivity index (χ1v) is 7.62. The van der Waals surface area contributed by atoms with Gasteiger partial charge in [-0.15, -0.1) is 6.58 Å². The van der Waals surface area contributed by atoms with Crippen molar-refractivity contribution >= 4 is 6.09 Å². The van der Waals surface area contributed by atoms with Crippen molar-refractivity contribution in [3.63, 3.8) is 0 Å². The molecule has 0 aromatic rings. The Hall–Kier alpha value is -1.03. The Morgan fingerprint density at radius 1 is 1.40 bits per heavy atom. The predicted octanol–water partition coefficient (Wildman–Crippen LogP) is 3.40. The van der Waals surface area contributed by atoms with Gasteiger partial charge < -0.3 is 15.2 Å². The van der Waals surface area contributed by atoms with Gasteiger partial charge in [0, 0.05) is 0 Å². The molecule has 0 spiro atoms. The van der Waals surface area contributed by atoms with E-state index in [4.69, 9.17) is 4.74 Å². The normalized spacial score (nSPS) is 20.0. The van der Waals surface area contributed by atoms with Gasteiger partial charge in [0.25, 0.3) is 0 Å². The number of nitrogens with one attached hydrogen (secondary N) is 1. The topological polar surface area (TPSA) is 58.6 Å². The Bertz CT molecular complexity index is 316. The molecule has 2 N–H and O–H groups in total. The summed E-state index contributed by atoms with van der Waals surface area (Å²) in [6, 6.07) is -0.314. The van der Waals surface area contributed by atoms with Crippen molar-refractivity contribution in [2.24, 2.45) is 5.92 Å². The van der Waals surface area contributed by atoms with Crippen LogP contribution < -0.4 is 5.32 Å². The Labute approximate surface area is 122 Å². The van der Waals surface area contributed by atoms with Crippen molar-refractivity contribution < 1.29 is 14.6 Å². The molecule has 1 saturated carbocycles. The van der Waals surface area contributed by atoms with Crippen molar-refractivity contribution in [1.29, 1.82) is 0 Å². The number of hydrogen-bond acceptors (Lipinski definition) is 3. The molecule has 0 radical (unpaired) electrons. The third-order valence-electron chi connectivity index (χ3n) is 3.67. The molecule has 0 aliphatic heterocycles.